The van der Waals surface area contributed by atoms with Crippen molar-refractivity contribution >= 4 is 28.1 Å². The first-order valence-electron chi connectivity index (χ1n) is 8.74. The molecule has 0 fully saturated rings. The van der Waals surface area contributed by atoms with E-state index >= 15 is 0 Å². The lowest BCUT2D eigenvalue weighted by molar-refractivity contribution is -0.111. The van der Waals surface area contributed by atoms with Gasteiger partial charge in [0.2, 0.25) is 5.91 Å². The van der Waals surface area contributed by atoms with E-state index in [1.54, 1.807) is 45.8 Å². The molecule has 0 aliphatic rings. The van der Waals surface area contributed by atoms with Gasteiger partial charge in [-0.05, 0) is 43.2 Å². The molecule has 0 unspecified atom stereocenters. The zero-order chi connectivity index (χ0) is 20.3. The number of furan rings is 1. The number of allylic oxidation sites excluding steroid dienone is 1. The first-order chi connectivity index (χ1) is 13.5. The van der Waals surface area contributed by atoms with Gasteiger partial charge >= 0.3 is 0 Å². The SMILES string of the molecule is COc1ccc(NC(=O)/C=C(\C)c2cc3c(C)coc3cc2OC)cc1OC. The summed E-state index contributed by atoms with van der Waals surface area (Å²) in [6.45, 7) is 3.85. The lowest BCUT2D eigenvalue weighted by atomic mass is 10.0. The Hall–Kier alpha value is -3.41. The molecule has 146 valence electrons. The summed E-state index contributed by atoms with van der Waals surface area (Å²) in [4.78, 5) is 12.5. The van der Waals surface area contributed by atoms with Crippen LogP contribution >= 0.6 is 0 Å². The van der Waals surface area contributed by atoms with E-state index in [9.17, 15) is 4.79 Å². The summed E-state index contributed by atoms with van der Waals surface area (Å²) in [7, 11) is 4.71. The summed E-state index contributed by atoms with van der Waals surface area (Å²) in [5.41, 5.74) is 4.00. The lowest BCUT2D eigenvalue weighted by Gasteiger charge is -2.11. The average Bonchev–Trinajstić information content (AvgIpc) is 3.06. The Balaban J connectivity index is 1.88. The Kier molecular flexibility index (Phi) is 5.59. The molecule has 0 saturated heterocycles. The van der Waals surface area contributed by atoms with E-state index in [-0.39, 0.29) is 5.91 Å². The highest BCUT2D eigenvalue weighted by Crippen LogP contribution is 2.33. The standard InChI is InChI=1S/C22H23NO5/c1-13(16-10-17-14(2)12-28-20(17)11-19(16)26-4)8-22(24)23-15-6-7-18(25-3)21(9-15)27-5/h6-12H,1-5H3,(H,23,24)/b13-8+. The fraction of sp³-hybridized carbons (Fsp3) is 0.227. The quantitative estimate of drug-likeness (QED) is 0.621. The second-order valence-corrected chi connectivity index (χ2v) is 6.35. The number of methoxy groups -OCH3 is 3. The number of hydrogen-bond donors (Lipinski definition) is 1. The van der Waals surface area contributed by atoms with Gasteiger partial charge in [0.1, 0.15) is 11.3 Å². The second kappa shape index (κ2) is 8.08. The maximum atomic E-state index is 12.5. The van der Waals surface area contributed by atoms with Crippen LogP contribution in [0.4, 0.5) is 5.69 Å². The molecule has 6 nitrogen and oxygen atoms in total. The molecule has 1 aromatic heterocycles. The predicted octanol–water partition coefficient (Wildman–Crippen LogP) is 4.81. The first-order valence-corrected chi connectivity index (χ1v) is 8.74. The number of anilines is 1. The van der Waals surface area contributed by atoms with Crippen molar-refractivity contribution in [3.05, 3.63) is 53.8 Å². The van der Waals surface area contributed by atoms with Crippen LogP contribution in [0.3, 0.4) is 0 Å². The predicted molar refractivity (Wildman–Crippen MR) is 109 cm³/mol. The number of hydrogen-bond acceptors (Lipinski definition) is 5. The van der Waals surface area contributed by atoms with Gasteiger partial charge in [0, 0.05) is 34.8 Å². The van der Waals surface area contributed by atoms with Gasteiger partial charge < -0.3 is 23.9 Å². The fourth-order valence-electron chi connectivity index (χ4n) is 3.03. The molecular weight excluding hydrogens is 358 g/mol. The van der Waals surface area contributed by atoms with Crippen molar-refractivity contribution in [3.8, 4) is 17.2 Å². The van der Waals surface area contributed by atoms with Gasteiger partial charge in [-0.1, -0.05) is 0 Å². The number of aryl methyl sites for hydroxylation is 1. The molecule has 1 amide bonds. The number of benzene rings is 2. The van der Waals surface area contributed by atoms with E-state index in [4.69, 9.17) is 18.6 Å². The third-order valence-electron chi connectivity index (χ3n) is 4.51. The Morgan fingerprint density at radius 1 is 1.00 bits per heavy atom. The Morgan fingerprint density at radius 3 is 2.39 bits per heavy atom. The van der Waals surface area contributed by atoms with Crippen molar-refractivity contribution in [2.45, 2.75) is 13.8 Å². The zero-order valence-corrected chi connectivity index (χ0v) is 16.6. The van der Waals surface area contributed by atoms with E-state index in [2.05, 4.69) is 5.32 Å². The third-order valence-corrected chi connectivity index (χ3v) is 4.51. The van der Waals surface area contributed by atoms with Crippen LogP contribution in [-0.4, -0.2) is 27.2 Å². The topological polar surface area (TPSA) is 69.9 Å². The number of carbonyl (C=O) groups excluding carboxylic acids is 1. The molecule has 0 aliphatic heterocycles. The largest absolute Gasteiger partial charge is 0.496 e. The summed E-state index contributed by atoms with van der Waals surface area (Å²) in [6.07, 6.45) is 3.24. The molecule has 0 saturated carbocycles. The van der Waals surface area contributed by atoms with E-state index in [1.165, 1.54) is 6.08 Å². The molecule has 0 radical (unpaired) electrons. The number of fused-ring (bicyclic) bond motifs is 1. The van der Waals surface area contributed by atoms with Crippen LogP contribution in [0.15, 0.2) is 47.1 Å². The van der Waals surface area contributed by atoms with E-state index in [1.807, 2.05) is 26.0 Å². The van der Waals surface area contributed by atoms with Crippen molar-refractivity contribution in [3.63, 3.8) is 0 Å². The Morgan fingerprint density at radius 2 is 1.71 bits per heavy atom. The van der Waals surface area contributed by atoms with Crippen molar-refractivity contribution in [2.75, 3.05) is 26.6 Å². The van der Waals surface area contributed by atoms with Gasteiger partial charge in [-0.25, -0.2) is 0 Å². The number of rotatable bonds is 6. The van der Waals surface area contributed by atoms with Gasteiger partial charge in [-0.15, -0.1) is 0 Å². The van der Waals surface area contributed by atoms with Crippen LogP contribution in [0, 0.1) is 6.92 Å². The molecule has 28 heavy (non-hydrogen) atoms. The van der Waals surface area contributed by atoms with Gasteiger partial charge in [0.05, 0.1) is 27.6 Å². The minimum Gasteiger partial charge on any atom is -0.496 e. The van der Waals surface area contributed by atoms with Crippen LogP contribution in [0.1, 0.15) is 18.1 Å². The maximum Gasteiger partial charge on any atom is 0.248 e. The minimum atomic E-state index is -0.254. The highest BCUT2D eigenvalue weighted by Gasteiger charge is 2.13. The average molecular weight is 381 g/mol. The molecule has 0 bridgehead atoms. The summed E-state index contributed by atoms with van der Waals surface area (Å²) in [6, 6.07) is 9.01. The van der Waals surface area contributed by atoms with E-state index in [0.717, 1.165) is 27.7 Å². The monoisotopic (exact) mass is 381 g/mol. The molecule has 6 heteroatoms. The molecule has 0 spiro atoms. The van der Waals surface area contributed by atoms with Gasteiger partial charge in [0.25, 0.3) is 0 Å². The van der Waals surface area contributed by atoms with Crippen LogP contribution in [-0.2, 0) is 4.79 Å². The van der Waals surface area contributed by atoms with Crippen molar-refractivity contribution < 1.29 is 23.4 Å². The van der Waals surface area contributed by atoms with Crippen LogP contribution in [0.2, 0.25) is 0 Å². The molecular formula is C22H23NO5. The molecule has 3 aromatic rings. The van der Waals surface area contributed by atoms with Crippen LogP contribution < -0.4 is 19.5 Å². The molecule has 2 aromatic carbocycles. The van der Waals surface area contributed by atoms with Gasteiger partial charge in [-0.2, -0.15) is 0 Å². The second-order valence-electron chi connectivity index (χ2n) is 6.35. The number of carbonyl (C=O) groups is 1. The first kappa shape index (κ1) is 19.4. The molecule has 3 rings (SSSR count). The summed E-state index contributed by atoms with van der Waals surface area (Å²) in [5.74, 6) is 1.54. The summed E-state index contributed by atoms with van der Waals surface area (Å²) < 4.78 is 21.5. The Labute approximate surface area is 163 Å². The van der Waals surface area contributed by atoms with Crippen molar-refractivity contribution in [1.82, 2.24) is 0 Å². The fourth-order valence-corrected chi connectivity index (χ4v) is 3.03. The third kappa shape index (κ3) is 3.81. The highest BCUT2D eigenvalue weighted by atomic mass is 16.5. The Bertz CT molecular complexity index is 1050. The number of amides is 1. The van der Waals surface area contributed by atoms with E-state index < -0.39 is 0 Å². The number of ether oxygens (including phenoxy) is 3. The van der Waals surface area contributed by atoms with Gasteiger partial charge in [-0.3, -0.25) is 4.79 Å². The van der Waals surface area contributed by atoms with E-state index in [0.29, 0.717) is 22.9 Å². The molecule has 0 atom stereocenters. The highest BCUT2D eigenvalue weighted by molar-refractivity contribution is 6.04. The zero-order valence-electron chi connectivity index (χ0n) is 16.6. The normalized spacial score (nSPS) is 11.4. The summed E-state index contributed by atoms with van der Waals surface area (Å²) in [5, 5.41) is 3.83. The van der Waals surface area contributed by atoms with Gasteiger partial charge in [0.15, 0.2) is 11.5 Å². The lowest BCUT2D eigenvalue weighted by Crippen LogP contribution is -2.09. The minimum absolute atomic E-state index is 0.254. The number of nitrogens with one attached hydrogen (secondary N) is 1. The van der Waals surface area contributed by atoms with Crippen molar-refractivity contribution in [1.29, 1.82) is 0 Å². The molecule has 1 heterocycles. The molecule has 0 aliphatic carbocycles. The molecule has 1 N–H and O–H groups in total. The van der Waals surface area contributed by atoms with Crippen LogP contribution in [0.25, 0.3) is 16.5 Å². The van der Waals surface area contributed by atoms with Crippen molar-refractivity contribution in [2.24, 2.45) is 0 Å². The summed E-state index contributed by atoms with van der Waals surface area (Å²) >= 11 is 0. The maximum absolute atomic E-state index is 12.5. The van der Waals surface area contributed by atoms with Crippen LogP contribution in [0.5, 0.6) is 17.2 Å². The smallest absolute Gasteiger partial charge is 0.248 e.